The Morgan fingerprint density at radius 3 is 2.17 bits per heavy atom. The van der Waals surface area contributed by atoms with Crippen LogP contribution in [0.4, 0.5) is 0 Å². The summed E-state index contributed by atoms with van der Waals surface area (Å²) in [5, 5.41) is 13.1. The molecule has 72 valence electrons. The Bertz CT molecular complexity index is 133. The van der Waals surface area contributed by atoms with Gasteiger partial charge in [-0.05, 0) is 39.7 Å². The highest BCUT2D eigenvalue weighted by Gasteiger charge is 2.33. The van der Waals surface area contributed by atoms with E-state index in [1.165, 1.54) is 25.7 Å². The van der Waals surface area contributed by atoms with Crippen molar-refractivity contribution in [1.29, 1.82) is 0 Å². The quantitative estimate of drug-likeness (QED) is 0.675. The van der Waals surface area contributed by atoms with E-state index in [0.717, 1.165) is 0 Å². The second-order valence-electron chi connectivity index (χ2n) is 4.46. The molecule has 0 heterocycles. The molecule has 0 radical (unpaired) electrons. The van der Waals surface area contributed by atoms with Gasteiger partial charge in [0.15, 0.2) is 0 Å². The SMILES string of the molecule is CNC(C1CCCC1)C(C)(C)O. The molecular weight excluding hydrogens is 150 g/mol. The Kier molecular flexibility index (Phi) is 3.13. The van der Waals surface area contributed by atoms with Crippen molar-refractivity contribution in [2.45, 2.75) is 51.2 Å². The number of hydrogen-bond donors (Lipinski definition) is 2. The fourth-order valence-electron chi connectivity index (χ4n) is 2.46. The zero-order chi connectivity index (χ0) is 9.19. The number of aliphatic hydroxyl groups is 1. The first-order valence-electron chi connectivity index (χ1n) is 4.95. The minimum absolute atomic E-state index is 0.264. The fourth-order valence-corrected chi connectivity index (χ4v) is 2.46. The van der Waals surface area contributed by atoms with Crippen LogP contribution in [0.3, 0.4) is 0 Å². The van der Waals surface area contributed by atoms with Crippen molar-refractivity contribution in [2.75, 3.05) is 7.05 Å². The summed E-state index contributed by atoms with van der Waals surface area (Å²) in [7, 11) is 1.95. The molecule has 2 nitrogen and oxygen atoms in total. The zero-order valence-corrected chi connectivity index (χ0v) is 8.43. The van der Waals surface area contributed by atoms with E-state index >= 15 is 0 Å². The predicted octanol–water partition coefficient (Wildman–Crippen LogP) is 1.54. The number of nitrogens with one attached hydrogen (secondary N) is 1. The highest BCUT2D eigenvalue weighted by atomic mass is 16.3. The van der Waals surface area contributed by atoms with Crippen molar-refractivity contribution in [1.82, 2.24) is 5.32 Å². The third-order valence-electron chi connectivity index (χ3n) is 2.94. The molecule has 0 saturated heterocycles. The first kappa shape index (κ1) is 10.0. The summed E-state index contributed by atoms with van der Waals surface area (Å²) < 4.78 is 0. The molecule has 0 spiro atoms. The van der Waals surface area contributed by atoms with Crippen LogP contribution in [0, 0.1) is 5.92 Å². The topological polar surface area (TPSA) is 32.3 Å². The third-order valence-corrected chi connectivity index (χ3v) is 2.94. The van der Waals surface area contributed by atoms with Crippen LogP contribution >= 0.6 is 0 Å². The minimum atomic E-state index is -0.580. The smallest absolute Gasteiger partial charge is 0.0746 e. The van der Waals surface area contributed by atoms with Crippen LogP contribution in [0.15, 0.2) is 0 Å². The molecule has 1 atom stereocenters. The Morgan fingerprint density at radius 1 is 1.33 bits per heavy atom. The summed E-state index contributed by atoms with van der Waals surface area (Å²) >= 11 is 0. The second-order valence-corrected chi connectivity index (χ2v) is 4.46. The van der Waals surface area contributed by atoms with Crippen molar-refractivity contribution in [3.05, 3.63) is 0 Å². The van der Waals surface area contributed by atoms with Crippen LogP contribution in [0.2, 0.25) is 0 Å². The maximum absolute atomic E-state index is 9.88. The second kappa shape index (κ2) is 3.75. The first-order chi connectivity index (χ1) is 5.55. The molecule has 0 aromatic heterocycles. The number of likely N-dealkylation sites (N-methyl/N-ethyl adjacent to an activating group) is 1. The van der Waals surface area contributed by atoms with Gasteiger partial charge in [0.1, 0.15) is 0 Å². The van der Waals surface area contributed by atoms with Gasteiger partial charge in [-0.2, -0.15) is 0 Å². The molecule has 12 heavy (non-hydrogen) atoms. The van der Waals surface area contributed by atoms with E-state index in [9.17, 15) is 5.11 Å². The molecule has 0 amide bonds. The molecule has 1 aliphatic rings. The van der Waals surface area contributed by atoms with E-state index in [0.29, 0.717) is 5.92 Å². The van der Waals surface area contributed by atoms with Crippen molar-refractivity contribution in [2.24, 2.45) is 5.92 Å². The molecule has 1 aliphatic carbocycles. The van der Waals surface area contributed by atoms with E-state index in [1.807, 2.05) is 20.9 Å². The largest absolute Gasteiger partial charge is 0.389 e. The van der Waals surface area contributed by atoms with Gasteiger partial charge in [0, 0.05) is 6.04 Å². The lowest BCUT2D eigenvalue weighted by atomic mass is 9.86. The maximum atomic E-state index is 9.88. The number of hydrogen-bond acceptors (Lipinski definition) is 2. The van der Waals surface area contributed by atoms with Crippen LogP contribution in [0.5, 0.6) is 0 Å². The average Bonchev–Trinajstić information content (AvgIpc) is 2.38. The van der Waals surface area contributed by atoms with Crippen LogP contribution in [-0.2, 0) is 0 Å². The van der Waals surface area contributed by atoms with Crippen LogP contribution in [0.25, 0.3) is 0 Å². The molecule has 0 aromatic carbocycles. The molecule has 0 aromatic rings. The zero-order valence-electron chi connectivity index (χ0n) is 8.43. The monoisotopic (exact) mass is 171 g/mol. The third kappa shape index (κ3) is 2.20. The summed E-state index contributed by atoms with van der Waals surface area (Å²) in [6.07, 6.45) is 5.21. The molecule has 0 aliphatic heterocycles. The van der Waals surface area contributed by atoms with Crippen molar-refractivity contribution >= 4 is 0 Å². The van der Waals surface area contributed by atoms with Gasteiger partial charge < -0.3 is 10.4 Å². The fraction of sp³-hybridized carbons (Fsp3) is 1.00. The van der Waals surface area contributed by atoms with Gasteiger partial charge in [-0.25, -0.2) is 0 Å². The molecule has 1 unspecified atom stereocenters. The first-order valence-corrected chi connectivity index (χ1v) is 4.95. The van der Waals surface area contributed by atoms with Gasteiger partial charge in [-0.15, -0.1) is 0 Å². The highest BCUT2D eigenvalue weighted by molar-refractivity contribution is 4.90. The van der Waals surface area contributed by atoms with Gasteiger partial charge in [0.2, 0.25) is 0 Å². The molecule has 2 N–H and O–H groups in total. The Morgan fingerprint density at radius 2 is 1.83 bits per heavy atom. The highest BCUT2D eigenvalue weighted by Crippen LogP contribution is 2.31. The Hall–Kier alpha value is -0.0800. The van der Waals surface area contributed by atoms with E-state index in [-0.39, 0.29) is 6.04 Å². The van der Waals surface area contributed by atoms with Crippen LogP contribution in [0.1, 0.15) is 39.5 Å². The summed E-state index contributed by atoms with van der Waals surface area (Å²) in [5.41, 5.74) is -0.580. The average molecular weight is 171 g/mol. The van der Waals surface area contributed by atoms with E-state index in [4.69, 9.17) is 0 Å². The summed E-state index contributed by atoms with van der Waals surface area (Å²) in [6.45, 7) is 3.79. The standard InChI is InChI=1S/C10H21NO/c1-10(2,12)9(11-3)8-6-4-5-7-8/h8-9,11-12H,4-7H2,1-3H3. The van der Waals surface area contributed by atoms with Crippen LogP contribution in [-0.4, -0.2) is 23.8 Å². The van der Waals surface area contributed by atoms with Crippen molar-refractivity contribution in [3.8, 4) is 0 Å². The summed E-state index contributed by atoms with van der Waals surface area (Å²) in [4.78, 5) is 0. The molecular formula is C10H21NO. The Labute approximate surface area is 75.4 Å². The van der Waals surface area contributed by atoms with Gasteiger partial charge in [-0.1, -0.05) is 12.8 Å². The summed E-state index contributed by atoms with van der Waals surface area (Å²) in [6, 6.07) is 0.264. The van der Waals surface area contributed by atoms with Gasteiger partial charge in [-0.3, -0.25) is 0 Å². The Balaban J connectivity index is 2.54. The van der Waals surface area contributed by atoms with Crippen LogP contribution < -0.4 is 5.32 Å². The lowest BCUT2D eigenvalue weighted by molar-refractivity contribution is 0.0182. The van der Waals surface area contributed by atoms with E-state index in [1.54, 1.807) is 0 Å². The van der Waals surface area contributed by atoms with E-state index < -0.39 is 5.60 Å². The molecule has 1 saturated carbocycles. The van der Waals surface area contributed by atoms with E-state index in [2.05, 4.69) is 5.32 Å². The van der Waals surface area contributed by atoms with Crippen molar-refractivity contribution in [3.63, 3.8) is 0 Å². The number of rotatable bonds is 3. The minimum Gasteiger partial charge on any atom is -0.389 e. The predicted molar refractivity (Wildman–Crippen MR) is 51.1 cm³/mol. The summed E-state index contributed by atoms with van der Waals surface area (Å²) in [5.74, 6) is 0.676. The lowest BCUT2D eigenvalue weighted by Gasteiger charge is -2.33. The van der Waals surface area contributed by atoms with Gasteiger partial charge >= 0.3 is 0 Å². The molecule has 2 heteroatoms. The molecule has 0 bridgehead atoms. The van der Waals surface area contributed by atoms with Crippen molar-refractivity contribution < 1.29 is 5.11 Å². The normalized spacial score (nSPS) is 23.0. The maximum Gasteiger partial charge on any atom is 0.0746 e. The molecule has 1 fully saturated rings. The van der Waals surface area contributed by atoms with Gasteiger partial charge in [0.05, 0.1) is 5.60 Å². The molecule has 1 rings (SSSR count). The lowest BCUT2D eigenvalue weighted by Crippen LogP contribution is -2.49. The van der Waals surface area contributed by atoms with Gasteiger partial charge in [0.25, 0.3) is 0 Å².